The number of nitrogens with zero attached hydrogens (tertiary/aromatic N) is 2. The zero-order valence-corrected chi connectivity index (χ0v) is 14.5. The molecule has 0 bridgehead atoms. The third-order valence-electron chi connectivity index (χ3n) is 3.64. The predicted molar refractivity (Wildman–Crippen MR) is 95.5 cm³/mol. The van der Waals surface area contributed by atoms with Gasteiger partial charge in [-0.25, -0.2) is 4.98 Å². The van der Waals surface area contributed by atoms with Crippen molar-refractivity contribution in [3.05, 3.63) is 45.3 Å². The molecule has 0 aliphatic heterocycles. The topological polar surface area (TPSA) is 42.1 Å². The first-order valence-corrected chi connectivity index (χ1v) is 8.22. The standard InChI is InChI=1S/C16H21N3S2/c1-10-8-11(2)18-16(14(10)15(17)20)19(4)12(3)9-13-6-5-7-21-13/h5-8,12H,9H2,1-4H3,(H2,17,20). The Morgan fingerprint density at radius 3 is 2.76 bits per heavy atom. The normalized spacial score (nSPS) is 12.2. The number of hydrogen-bond acceptors (Lipinski definition) is 4. The highest BCUT2D eigenvalue weighted by atomic mass is 32.1. The van der Waals surface area contributed by atoms with Gasteiger partial charge in [0.2, 0.25) is 0 Å². The van der Waals surface area contributed by atoms with Crippen LogP contribution < -0.4 is 10.6 Å². The molecule has 2 N–H and O–H groups in total. The van der Waals surface area contributed by atoms with Crippen LogP contribution in [0.1, 0.15) is 28.6 Å². The molecule has 1 atom stereocenters. The number of aryl methyl sites for hydroxylation is 2. The minimum Gasteiger partial charge on any atom is -0.389 e. The van der Waals surface area contributed by atoms with Crippen LogP contribution in [-0.4, -0.2) is 23.1 Å². The van der Waals surface area contributed by atoms with Crippen LogP contribution in [0.15, 0.2) is 23.6 Å². The number of nitrogens with two attached hydrogens (primary N) is 1. The number of aromatic nitrogens is 1. The molecule has 5 heteroatoms. The van der Waals surface area contributed by atoms with Gasteiger partial charge in [0, 0.05) is 30.1 Å². The molecule has 0 radical (unpaired) electrons. The van der Waals surface area contributed by atoms with E-state index in [1.54, 1.807) is 11.3 Å². The average molecular weight is 319 g/mol. The summed E-state index contributed by atoms with van der Waals surface area (Å²) >= 11 is 7.00. The number of pyridine rings is 1. The summed E-state index contributed by atoms with van der Waals surface area (Å²) in [5, 5.41) is 2.11. The van der Waals surface area contributed by atoms with Crippen molar-refractivity contribution < 1.29 is 0 Å². The molecule has 0 saturated heterocycles. The van der Waals surface area contributed by atoms with Crippen molar-refractivity contribution in [1.29, 1.82) is 0 Å². The van der Waals surface area contributed by atoms with Gasteiger partial charge in [0.1, 0.15) is 10.8 Å². The number of anilines is 1. The highest BCUT2D eigenvalue weighted by Crippen LogP contribution is 2.25. The Bertz CT molecular complexity index is 635. The van der Waals surface area contributed by atoms with Crippen LogP contribution in [0.25, 0.3) is 0 Å². The maximum absolute atomic E-state index is 5.91. The summed E-state index contributed by atoms with van der Waals surface area (Å²) in [6.45, 7) is 6.23. The van der Waals surface area contributed by atoms with E-state index >= 15 is 0 Å². The van der Waals surface area contributed by atoms with E-state index in [0.29, 0.717) is 11.0 Å². The minimum atomic E-state index is 0.324. The van der Waals surface area contributed by atoms with E-state index in [0.717, 1.165) is 29.1 Å². The minimum absolute atomic E-state index is 0.324. The lowest BCUT2D eigenvalue weighted by Gasteiger charge is -2.28. The molecule has 0 fully saturated rings. The summed E-state index contributed by atoms with van der Waals surface area (Å²) in [6.07, 6.45) is 0.986. The Kier molecular flexibility index (Phi) is 4.96. The molecule has 0 aliphatic carbocycles. The molecule has 3 nitrogen and oxygen atoms in total. The molecule has 2 aromatic heterocycles. The van der Waals surface area contributed by atoms with E-state index < -0.39 is 0 Å². The Morgan fingerprint density at radius 2 is 2.19 bits per heavy atom. The van der Waals surface area contributed by atoms with E-state index in [1.165, 1.54) is 4.88 Å². The van der Waals surface area contributed by atoms with Crippen molar-refractivity contribution in [3.8, 4) is 0 Å². The predicted octanol–water partition coefficient (Wildman–Crippen LogP) is 3.46. The Balaban J connectivity index is 2.33. The van der Waals surface area contributed by atoms with E-state index in [9.17, 15) is 0 Å². The SMILES string of the molecule is Cc1cc(C)c(C(N)=S)c(N(C)C(C)Cc2cccs2)n1. The second-order valence-corrected chi connectivity index (χ2v) is 6.86. The van der Waals surface area contributed by atoms with Crippen molar-refractivity contribution in [2.24, 2.45) is 5.73 Å². The van der Waals surface area contributed by atoms with Crippen molar-refractivity contribution in [2.45, 2.75) is 33.2 Å². The van der Waals surface area contributed by atoms with Gasteiger partial charge in [0.15, 0.2) is 0 Å². The Labute approximate surface area is 135 Å². The van der Waals surface area contributed by atoms with Crippen molar-refractivity contribution in [3.63, 3.8) is 0 Å². The molecule has 2 rings (SSSR count). The molecule has 112 valence electrons. The molecule has 0 aromatic carbocycles. The van der Waals surface area contributed by atoms with E-state index in [4.69, 9.17) is 18.0 Å². The first kappa shape index (κ1) is 15.9. The zero-order valence-electron chi connectivity index (χ0n) is 12.9. The number of hydrogen-bond donors (Lipinski definition) is 1. The lowest BCUT2D eigenvalue weighted by atomic mass is 10.1. The highest BCUT2D eigenvalue weighted by Gasteiger charge is 2.19. The van der Waals surface area contributed by atoms with E-state index in [2.05, 4.69) is 41.4 Å². The summed E-state index contributed by atoms with van der Waals surface area (Å²) in [5.74, 6) is 0.879. The van der Waals surface area contributed by atoms with Gasteiger partial charge in [0.05, 0.1) is 5.56 Å². The average Bonchev–Trinajstić information content (AvgIpc) is 2.89. The maximum atomic E-state index is 5.91. The molecule has 0 amide bonds. The zero-order chi connectivity index (χ0) is 15.6. The van der Waals surface area contributed by atoms with Crippen molar-refractivity contribution in [1.82, 2.24) is 4.98 Å². The van der Waals surface area contributed by atoms with Crippen molar-refractivity contribution in [2.75, 3.05) is 11.9 Å². The van der Waals surface area contributed by atoms with Gasteiger partial charge in [-0.3, -0.25) is 0 Å². The molecule has 0 aliphatic rings. The first-order valence-electron chi connectivity index (χ1n) is 6.93. The van der Waals surface area contributed by atoms with Gasteiger partial charge in [-0.1, -0.05) is 18.3 Å². The molecule has 1 unspecified atom stereocenters. The second-order valence-electron chi connectivity index (χ2n) is 5.39. The third kappa shape index (κ3) is 3.60. The summed E-state index contributed by atoms with van der Waals surface area (Å²) in [5.41, 5.74) is 8.86. The lowest BCUT2D eigenvalue weighted by Crippen LogP contribution is -2.33. The van der Waals surface area contributed by atoms with Gasteiger partial charge in [-0.15, -0.1) is 11.3 Å². The lowest BCUT2D eigenvalue weighted by molar-refractivity contribution is 0.678. The summed E-state index contributed by atoms with van der Waals surface area (Å²) < 4.78 is 0. The highest BCUT2D eigenvalue weighted by molar-refractivity contribution is 7.80. The molecule has 0 spiro atoms. The van der Waals surface area contributed by atoms with Gasteiger partial charge in [0.25, 0.3) is 0 Å². The second kappa shape index (κ2) is 6.54. The fourth-order valence-electron chi connectivity index (χ4n) is 2.44. The van der Waals surface area contributed by atoms with Gasteiger partial charge in [-0.2, -0.15) is 0 Å². The van der Waals surface area contributed by atoms with E-state index in [-0.39, 0.29) is 0 Å². The molecule has 21 heavy (non-hydrogen) atoms. The first-order chi connectivity index (χ1) is 9.90. The fraction of sp³-hybridized carbons (Fsp3) is 0.375. The van der Waals surface area contributed by atoms with Crippen LogP contribution >= 0.6 is 23.6 Å². The van der Waals surface area contributed by atoms with Crippen LogP contribution in [0.5, 0.6) is 0 Å². The summed E-state index contributed by atoms with van der Waals surface area (Å²) in [4.78, 5) is 8.62. The number of likely N-dealkylation sites (N-methyl/N-ethyl adjacent to an activating group) is 1. The smallest absolute Gasteiger partial charge is 0.139 e. The molecule has 2 heterocycles. The quantitative estimate of drug-likeness (QED) is 0.857. The Morgan fingerprint density at radius 1 is 1.48 bits per heavy atom. The maximum Gasteiger partial charge on any atom is 0.139 e. The monoisotopic (exact) mass is 319 g/mol. The number of rotatable bonds is 5. The molecule has 2 aromatic rings. The summed E-state index contributed by atoms with van der Waals surface area (Å²) in [7, 11) is 2.06. The number of thiocarbonyl (C=S) groups is 1. The Hall–Kier alpha value is -1.46. The molecular weight excluding hydrogens is 298 g/mol. The largest absolute Gasteiger partial charge is 0.389 e. The molecule has 0 saturated carbocycles. The van der Waals surface area contributed by atoms with Crippen LogP contribution in [0, 0.1) is 13.8 Å². The van der Waals surface area contributed by atoms with E-state index in [1.807, 2.05) is 19.9 Å². The van der Waals surface area contributed by atoms with Gasteiger partial charge < -0.3 is 10.6 Å². The van der Waals surface area contributed by atoms with Crippen LogP contribution in [-0.2, 0) is 6.42 Å². The van der Waals surface area contributed by atoms with Gasteiger partial charge in [-0.05, 0) is 43.8 Å². The van der Waals surface area contributed by atoms with Crippen LogP contribution in [0.3, 0.4) is 0 Å². The van der Waals surface area contributed by atoms with Crippen LogP contribution in [0.4, 0.5) is 5.82 Å². The fourth-order valence-corrected chi connectivity index (χ4v) is 3.52. The summed E-state index contributed by atoms with van der Waals surface area (Å²) in [6, 6.07) is 6.60. The van der Waals surface area contributed by atoms with Crippen molar-refractivity contribution >= 4 is 34.4 Å². The molecular formula is C16H21N3S2. The number of thiophene rings is 1. The third-order valence-corrected chi connectivity index (χ3v) is 4.75. The van der Waals surface area contributed by atoms with Crippen LogP contribution in [0.2, 0.25) is 0 Å². The van der Waals surface area contributed by atoms with Gasteiger partial charge >= 0.3 is 0 Å².